The van der Waals surface area contributed by atoms with E-state index in [0.29, 0.717) is 0 Å². The molecule has 0 saturated carbocycles. The molecule has 0 unspecified atom stereocenters. The van der Waals surface area contributed by atoms with Crippen LogP contribution in [0.4, 0.5) is 0 Å². The third-order valence-electron chi connectivity index (χ3n) is 5.13. The lowest BCUT2D eigenvalue weighted by molar-refractivity contribution is 0.0914. The standard InChI is InChI=1S/C25H34N2O2S2/c1-14-18(12-20(30-14)22(28)26-24(3,4)5)16-10-9-11-17(16)19-13-21(31-15(19)2)23(29)27-25(6,7)8/h12-13H,9-11H2,1-8H3,(H,26,28)(H,27,29). The highest BCUT2D eigenvalue weighted by molar-refractivity contribution is 7.14. The zero-order chi connectivity index (χ0) is 23.1. The maximum Gasteiger partial charge on any atom is 0.261 e. The van der Waals surface area contributed by atoms with E-state index < -0.39 is 0 Å². The summed E-state index contributed by atoms with van der Waals surface area (Å²) >= 11 is 3.12. The maximum absolute atomic E-state index is 12.7. The molecule has 1 aliphatic carbocycles. The summed E-state index contributed by atoms with van der Waals surface area (Å²) in [6.07, 6.45) is 3.11. The summed E-state index contributed by atoms with van der Waals surface area (Å²) < 4.78 is 0. The molecule has 0 aromatic carbocycles. The van der Waals surface area contributed by atoms with Gasteiger partial charge in [0.25, 0.3) is 11.8 Å². The van der Waals surface area contributed by atoms with Crippen molar-refractivity contribution >= 4 is 45.6 Å². The molecule has 168 valence electrons. The van der Waals surface area contributed by atoms with Gasteiger partial charge < -0.3 is 10.6 Å². The predicted octanol–water partition coefficient (Wildman–Crippen LogP) is 6.58. The van der Waals surface area contributed by atoms with Crippen molar-refractivity contribution in [3.8, 4) is 0 Å². The Morgan fingerprint density at radius 3 is 1.42 bits per heavy atom. The van der Waals surface area contributed by atoms with Crippen molar-refractivity contribution in [3.63, 3.8) is 0 Å². The lowest BCUT2D eigenvalue weighted by atomic mass is 9.97. The largest absolute Gasteiger partial charge is 0.347 e. The Kier molecular flexibility index (Phi) is 6.55. The topological polar surface area (TPSA) is 58.2 Å². The number of hydrogen-bond donors (Lipinski definition) is 2. The molecule has 2 aromatic rings. The summed E-state index contributed by atoms with van der Waals surface area (Å²) in [5.74, 6) is -0.0281. The highest BCUT2D eigenvalue weighted by atomic mass is 32.1. The highest BCUT2D eigenvalue weighted by Gasteiger charge is 2.26. The lowest BCUT2D eigenvalue weighted by Crippen LogP contribution is -2.40. The second kappa shape index (κ2) is 8.55. The van der Waals surface area contributed by atoms with E-state index in [2.05, 4.69) is 36.6 Å². The van der Waals surface area contributed by atoms with Crippen LogP contribution in [0.25, 0.3) is 11.1 Å². The molecule has 6 heteroatoms. The van der Waals surface area contributed by atoms with Gasteiger partial charge in [0, 0.05) is 20.8 Å². The third-order valence-corrected chi connectivity index (χ3v) is 7.23. The summed E-state index contributed by atoms with van der Waals surface area (Å²) in [4.78, 5) is 29.2. The number of nitrogens with one attached hydrogen (secondary N) is 2. The predicted molar refractivity (Wildman–Crippen MR) is 133 cm³/mol. The van der Waals surface area contributed by atoms with E-state index in [1.54, 1.807) is 22.7 Å². The molecule has 0 fully saturated rings. The molecule has 3 rings (SSSR count). The molecule has 0 aliphatic heterocycles. The summed E-state index contributed by atoms with van der Waals surface area (Å²) in [6.45, 7) is 16.2. The Labute approximate surface area is 194 Å². The van der Waals surface area contributed by atoms with Gasteiger partial charge in [0.15, 0.2) is 0 Å². The number of rotatable bonds is 4. The van der Waals surface area contributed by atoms with Gasteiger partial charge in [0.2, 0.25) is 0 Å². The molecular formula is C25H34N2O2S2. The van der Waals surface area contributed by atoms with Gasteiger partial charge in [-0.2, -0.15) is 0 Å². The van der Waals surface area contributed by atoms with Crippen molar-refractivity contribution in [1.29, 1.82) is 0 Å². The van der Waals surface area contributed by atoms with Gasteiger partial charge in [-0.05, 0) is 109 Å². The number of allylic oxidation sites excluding steroid dienone is 2. The van der Waals surface area contributed by atoms with E-state index >= 15 is 0 Å². The van der Waals surface area contributed by atoms with Crippen LogP contribution in [-0.2, 0) is 0 Å². The molecule has 0 spiro atoms. The third kappa shape index (κ3) is 5.66. The van der Waals surface area contributed by atoms with Crippen LogP contribution < -0.4 is 10.6 Å². The molecule has 2 aromatic heterocycles. The van der Waals surface area contributed by atoms with Crippen LogP contribution in [0.3, 0.4) is 0 Å². The lowest BCUT2D eigenvalue weighted by Gasteiger charge is -2.19. The van der Waals surface area contributed by atoms with Crippen molar-refractivity contribution in [3.05, 3.63) is 42.8 Å². The van der Waals surface area contributed by atoms with Crippen LogP contribution in [0.2, 0.25) is 0 Å². The normalized spacial score (nSPS) is 14.8. The summed E-state index contributed by atoms with van der Waals surface area (Å²) in [5, 5.41) is 6.13. The summed E-state index contributed by atoms with van der Waals surface area (Å²) in [6, 6.07) is 4.10. The van der Waals surface area contributed by atoms with Crippen LogP contribution in [0.1, 0.15) is 101 Å². The van der Waals surface area contributed by atoms with Gasteiger partial charge in [0.1, 0.15) is 0 Å². The first kappa shape index (κ1) is 23.7. The molecular weight excluding hydrogens is 424 g/mol. The first-order chi connectivity index (χ1) is 14.2. The fourth-order valence-corrected chi connectivity index (χ4v) is 5.81. The minimum atomic E-state index is -0.259. The molecule has 2 N–H and O–H groups in total. The maximum atomic E-state index is 12.7. The van der Waals surface area contributed by atoms with Crippen molar-refractivity contribution in [2.45, 2.75) is 85.7 Å². The van der Waals surface area contributed by atoms with Crippen molar-refractivity contribution < 1.29 is 9.59 Å². The molecule has 31 heavy (non-hydrogen) atoms. The number of hydrogen-bond acceptors (Lipinski definition) is 4. The molecule has 2 heterocycles. The van der Waals surface area contributed by atoms with Crippen molar-refractivity contribution in [2.75, 3.05) is 0 Å². The van der Waals surface area contributed by atoms with Gasteiger partial charge >= 0.3 is 0 Å². The van der Waals surface area contributed by atoms with Crippen molar-refractivity contribution in [2.24, 2.45) is 0 Å². The fraction of sp³-hybridized carbons (Fsp3) is 0.520. The quantitative estimate of drug-likeness (QED) is 0.544. The minimum Gasteiger partial charge on any atom is -0.347 e. The van der Waals surface area contributed by atoms with Crippen LogP contribution in [0.15, 0.2) is 12.1 Å². The molecule has 0 saturated heterocycles. The van der Waals surface area contributed by atoms with Gasteiger partial charge in [-0.25, -0.2) is 0 Å². The minimum absolute atomic E-state index is 0.0140. The average Bonchev–Trinajstić information content (AvgIpc) is 3.29. The summed E-state index contributed by atoms with van der Waals surface area (Å²) in [5.41, 5.74) is 4.50. The van der Waals surface area contributed by atoms with Crippen LogP contribution >= 0.6 is 22.7 Å². The van der Waals surface area contributed by atoms with Gasteiger partial charge in [-0.1, -0.05) is 0 Å². The van der Waals surface area contributed by atoms with Crippen LogP contribution in [0, 0.1) is 13.8 Å². The second-order valence-corrected chi connectivity index (χ2v) is 12.9. The SMILES string of the molecule is Cc1sc(C(=O)NC(C)(C)C)cc1C1=C(c2cc(C(=O)NC(C)(C)C)sc2C)CCC1. The van der Waals surface area contributed by atoms with E-state index in [0.717, 1.165) is 29.0 Å². The van der Waals surface area contributed by atoms with E-state index in [4.69, 9.17) is 0 Å². The first-order valence-electron chi connectivity index (χ1n) is 10.8. The zero-order valence-electron chi connectivity index (χ0n) is 19.9. The van der Waals surface area contributed by atoms with Crippen LogP contribution in [-0.4, -0.2) is 22.9 Å². The Bertz CT molecular complexity index is 960. The molecule has 1 aliphatic rings. The molecule has 0 atom stereocenters. The average molecular weight is 459 g/mol. The van der Waals surface area contributed by atoms with Gasteiger partial charge in [-0.3, -0.25) is 9.59 Å². The second-order valence-electron chi connectivity index (χ2n) is 10.4. The smallest absolute Gasteiger partial charge is 0.261 e. The molecule has 0 bridgehead atoms. The van der Waals surface area contributed by atoms with E-state index in [9.17, 15) is 9.59 Å². The Hall–Kier alpha value is -1.92. The number of amides is 2. The van der Waals surface area contributed by atoms with E-state index in [1.165, 1.54) is 32.0 Å². The van der Waals surface area contributed by atoms with Gasteiger partial charge in [0.05, 0.1) is 9.75 Å². The molecule has 4 nitrogen and oxygen atoms in total. The zero-order valence-corrected chi connectivity index (χ0v) is 21.5. The van der Waals surface area contributed by atoms with Crippen molar-refractivity contribution in [1.82, 2.24) is 10.6 Å². The van der Waals surface area contributed by atoms with E-state index in [1.807, 2.05) is 41.5 Å². The first-order valence-corrected chi connectivity index (χ1v) is 12.5. The Morgan fingerprint density at radius 1 is 0.742 bits per heavy atom. The number of carbonyl (C=O) groups is 2. The molecule has 0 radical (unpaired) electrons. The monoisotopic (exact) mass is 458 g/mol. The number of aryl methyl sites for hydroxylation is 2. The highest BCUT2D eigenvalue weighted by Crippen LogP contribution is 2.45. The van der Waals surface area contributed by atoms with Crippen LogP contribution in [0.5, 0.6) is 0 Å². The summed E-state index contributed by atoms with van der Waals surface area (Å²) in [7, 11) is 0. The molecule has 2 amide bonds. The fourth-order valence-electron chi connectivity index (χ4n) is 3.93. The Balaban J connectivity index is 1.96. The van der Waals surface area contributed by atoms with Gasteiger partial charge in [-0.15, -0.1) is 22.7 Å². The number of thiophene rings is 2. The Morgan fingerprint density at radius 2 is 1.10 bits per heavy atom. The van der Waals surface area contributed by atoms with E-state index in [-0.39, 0.29) is 22.9 Å². The number of carbonyl (C=O) groups excluding carboxylic acids is 2.